The molecule has 0 radical (unpaired) electrons. The molecule has 3 aromatic heterocycles. The van der Waals surface area contributed by atoms with Crippen molar-refractivity contribution in [2.45, 2.75) is 0 Å². The van der Waals surface area contributed by atoms with Crippen molar-refractivity contribution in [3.63, 3.8) is 0 Å². The Kier molecular flexibility index (Phi) is 5.42. The Morgan fingerprint density at radius 2 is 0.979 bits per heavy atom. The van der Waals surface area contributed by atoms with Crippen molar-refractivity contribution in [3.05, 3.63) is 140 Å². The molecule has 0 amide bonds. The monoisotopic (exact) mass is 645 g/mol. The van der Waals surface area contributed by atoms with Gasteiger partial charge in [-0.15, -0.1) is 22.7 Å². The minimum atomic E-state index is 0.675. The fourth-order valence-electron chi connectivity index (χ4n) is 7.54. The highest BCUT2D eigenvalue weighted by Crippen LogP contribution is 2.52. The average molecular weight is 646 g/mol. The summed E-state index contributed by atoms with van der Waals surface area (Å²) in [5.41, 5.74) is 8.26. The zero-order valence-electron chi connectivity index (χ0n) is 25.4. The average Bonchev–Trinajstić information content (AvgIpc) is 3.82. The van der Waals surface area contributed by atoms with Gasteiger partial charge in [0.25, 0.3) is 0 Å². The summed E-state index contributed by atoms with van der Waals surface area (Å²) in [6.45, 7) is 0. The maximum atomic E-state index is 5.20. The third kappa shape index (κ3) is 3.71. The SMILES string of the molecule is c1ccc(-c2nc(-c3ccc4c(c3)sc3ccccc34)nc(-c3cccc4c3sc3cc5c6c(cccc6c34)-c3ccccc3-5)n2)cc1. The Hall–Kier alpha value is -5.75. The lowest BCUT2D eigenvalue weighted by atomic mass is 9.98. The molecule has 0 aliphatic heterocycles. The first kappa shape index (κ1) is 26.3. The lowest BCUT2D eigenvalue weighted by molar-refractivity contribution is 1.08. The minimum Gasteiger partial charge on any atom is -0.208 e. The molecule has 0 saturated heterocycles. The third-order valence-electron chi connectivity index (χ3n) is 9.67. The van der Waals surface area contributed by atoms with Crippen LogP contribution < -0.4 is 0 Å². The van der Waals surface area contributed by atoms with Gasteiger partial charge in [0.15, 0.2) is 17.5 Å². The molecule has 5 heteroatoms. The van der Waals surface area contributed by atoms with Gasteiger partial charge in [0.1, 0.15) is 0 Å². The molecule has 10 aromatic rings. The second kappa shape index (κ2) is 9.88. The van der Waals surface area contributed by atoms with Gasteiger partial charge in [-0.25, -0.2) is 15.0 Å². The molecule has 3 nitrogen and oxygen atoms in total. The number of hydrogen-bond acceptors (Lipinski definition) is 5. The van der Waals surface area contributed by atoms with Crippen molar-refractivity contribution < 1.29 is 0 Å². The molecule has 0 saturated carbocycles. The van der Waals surface area contributed by atoms with E-state index in [1.54, 1.807) is 0 Å². The predicted octanol–water partition coefficient (Wildman–Crippen LogP) is 12.4. The molecule has 0 spiro atoms. The van der Waals surface area contributed by atoms with E-state index in [1.807, 2.05) is 40.9 Å². The van der Waals surface area contributed by atoms with Gasteiger partial charge >= 0.3 is 0 Å². The summed E-state index contributed by atoms with van der Waals surface area (Å²) in [6, 6.07) is 49.9. The molecule has 222 valence electrons. The second-order valence-electron chi connectivity index (χ2n) is 12.3. The van der Waals surface area contributed by atoms with Crippen molar-refractivity contribution in [1.29, 1.82) is 0 Å². The molecule has 0 atom stereocenters. The number of benzene rings is 7. The van der Waals surface area contributed by atoms with E-state index >= 15 is 0 Å². The first-order valence-electron chi connectivity index (χ1n) is 16.0. The molecule has 7 aromatic carbocycles. The van der Waals surface area contributed by atoms with Crippen molar-refractivity contribution >= 4 is 73.8 Å². The number of thiophene rings is 2. The minimum absolute atomic E-state index is 0.675. The Balaban J connectivity index is 1.16. The van der Waals surface area contributed by atoms with Gasteiger partial charge in [0.2, 0.25) is 0 Å². The van der Waals surface area contributed by atoms with Gasteiger partial charge in [-0.3, -0.25) is 0 Å². The van der Waals surface area contributed by atoms with Crippen LogP contribution in [0.2, 0.25) is 0 Å². The van der Waals surface area contributed by atoms with Crippen LogP contribution in [-0.4, -0.2) is 15.0 Å². The van der Waals surface area contributed by atoms with E-state index in [4.69, 9.17) is 15.0 Å². The Morgan fingerprint density at radius 3 is 1.85 bits per heavy atom. The van der Waals surface area contributed by atoms with Crippen molar-refractivity contribution in [2.75, 3.05) is 0 Å². The molecule has 0 bridgehead atoms. The highest BCUT2D eigenvalue weighted by Gasteiger charge is 2.25. The van der Waals surface area contributed by atoms with E-state index in [-0.39, 0.29) is 0 Å². The first-order chi connectivity index (χ1) is 23.8. The molecule has 1 aliphatic rings. The predicted molar refractivity (Wildman–Crippen MR) is 204 cm³/mol. The fourth-order valence-corrected chi connectivity index (χ4v) is 9.96. The highest BCUT2D eigenvalue weighted by atomic mass is 32.1. The number of hydrogen-bond donors (Lipinski definition) is 0. The first-order valence-corrected chi connectivity index (χ1v) is 17.7. The van der Waals surface area contributed by atoms with Gasteiger partial charge in [-0.1, -0.05) is 115 Å². The van der Waals surface area contributed by atoms with Gasteiger partial charge in [0, 0.05) is 57.0 Å². The molecule has 48 heavy (non-hydrogen) atoms. The van der Waals surface area contributed by atoms with E-state index < -0.39 is 0 Å². The van der Waals surface area contributed by atoms with E-state index in [0.29, 0.717) is 17.5 Å². The summed E-state index contributed by atoms with van der Waals surface area (Å²) >= 11 is 3.64. The Labute approximate surface area is 283 Å². The van der Waals surface area contributed by atoms with Gasteiger partial charge in [-0.05, 0) is 57.3 Å². The highest BCUT2D eigenvalue weighted by molar-refractivity contribution is 7.26. The maximum Gasteiger partial charge on any atom is 0.165 e. The molecule has 0 fully saturated rings. The summed E-state index contributed by atoms with van der Waals surface area (Å²) in [6.07, 6.45) is 0. The van der Waals surface area contributed by atoms with Crippen LogP contribution in [0.5, 0.6) is 0 Å². The zero-order chi connectivity index (χ0) is 31.3. The smallest absolute Gasteiger partial charge is 0.165 e. The number of nitrogens with zero attached hydrogens (tertiary/aromatic N) is 3. The zero-order valence-corrected chi connectivity index (χ0v) is 27.1. The van der Waals surface area contributed by atoms with Crippen LogP contribution in [0.25, 0.3) is 108 Å². The second-order valence-corrected chi connectivity index (χ2v) is 14.5. The van der Waals surface area contributed by atoms with Crippen LogP contribution in [0.4, 0.5) is 0 Å². The van der Waals surface area contributed by atoms with Crippen LogP contribution in [0.3, 0.4) is 0 Å². The molecular weight excluding hydrogens is 623 g/mol. The number of rotatable bonds is 3. The van der Waals surface area contributed by atoms with Gasteiger partial charge < -0.3 is 0 Å². The van der Waals surface area contributed by atoms with Gasteiger partial charge in [-0.2, -0.15) is 0 Å². The quantitative estimate of drug-likeness (QED) is 0.192. The van der Waals surface area contributed by atoms with Crippen LogP contribution in [0.1, 0.15) is 0 Å². The van der Waals surface area contributed by atoms with E-state index in [9.17, 15) is 0 Å². The largest absolute Gasteiger partial charge is 0.208 e. The van der Waals surface area contributed by atoms with Crippen molar-refractivity contribution in [3.8, 4) is 56.4 Å². The van der Waals surface area contributed by atoms with E-state index in [2.05, 4.69) is 121 Å². The molecule has 11 rings (SSSR count). The molecule has 1 aliphatic carbocycles. The van der Waals surface area contributed by atoms with E-state index in [0.717, 1.165) is 16.7 Å². The number of fused-ring (bicyclic) bond motifs is 10. The molecule has 3 heterocycles. The van der Waals surface area contributed by atoms with Crippen LogP contribution in [0, 0.1) is 0 Å². The Bertz CT molecular complexity index is 2960. The van der Waals surface area contributed by atoms with Gasteiger partial charge in [0.05, 0.1) is 0 Å². The summed E-state index contributed by atoms with van der Waals surface area (Å²) in [5.74, 6) is 2.04. The van der Waals surface area contributed by atoms with Crippen LogP contribution in [0.15, 0.2) is 140 Å². The summed E-state index contributed by atoms with van der Waals surface area (Å²) in [7, 11) is 0. The molecule has 0 unspecified atom stereocenters. The van der Waals surface area contributed by atoms with Crippen molar-refractivity contribution in [1.82, 2.24) is 15.0 Å². The standard InChI is InChI=1S/C43H23N3S2/c1-2-10-24(11-3-1)41-44-42(25-20-21-29-28-14-6-7-19-35(28)47-36(29)22-25)46-43(45-41)33-18-9-17-32-39-31-16-8-15-30-26-12-4-5-13-27(26)34(38(30)31)23-37(39)48-40(32)33/h1-23H. The van der Waals surface area contributed by atoms with Crippen LogP contribution >= 0.6 is 22.7 Å². The Morgan fingerprint density at radius 1 is 0.333 bits per heavy atom. The maximum absolute atomic E-state index is 5.20. The van der Waals surface area contributed by atoms with Crippen molar-refractivity contribution in [2.24, 2.45) is 0 Å². The molecular formula is C43H23N3S2. The normalized spacial score (nSPS) is 12.2. The van der Waals surface area contributed by atoms with E-state index in [1.165, 1.54) is 73.4 Å². The lowest BCUT2D eigenvalue weighted by Gasteiger charge is -2.09. The third-order valence-corrected chi connectivity index (χ3v) is 12.0. The summed E-state index contributed by atoms with van der Waals surface area (Å²) in [5, 5.41) is 7.74. The summed E-state index contributed by atoms with van der Waals surface area (Å²) in [4.78, 5) is 15.4. The summed E-state index contributed by atoms with van der Waals surface area (Å²) < 4.78 is 4.99. The topological polar surface area (TPSA) is 38.7 Å². The van der Waals surface area contributed by atoms with Crippen LogP contribution in [-0.2, 0) is 0 Å². The number of aromatic nitrogens is 3. The lowest BCUT2D eigenvalue weighted by Crippen LogP contribution is -2.00. The molecule has 0 N–H and O–H groups in total. The fraction of sp³-hybridized carbons (Fsp3) is 0.